The first-order valence-corrected chi connectivity index (χ1v) is 1.71. The summed E-state index contributed by atoms with van der Waals surface area (Å²) in [4.78, 5) is 0. The van der Waals surface area contributed by atoms with Crippen molar-refractivity contribution in [1.29, 1.82) is 0 Å². The van der Waals surface area contributed by atoms with E-state index in [4.69, 9.17) is 6.42 Å². The van der Waals surface area contributed by atoms with Gasteiger partial charge in [0.05, 0.1) is 0 Å². The van der Waals surface area contributed by atoms with Crippen molar-refractivity contribution >= 4 is 0 Å². The van der Waals surface area contributed by atoms with E-state index < -0.39 is 0 Å². The van der Waals surface area contributed by atoms with Gasteiger partial charge in [-0.15, -0.1) is 5.92 Å². The van der Waals surface area contributed by atoms with E-state index in [9.17, 15) is 0 Å². The Labute approximate surface area is 77.3 Å². The van der Waals surface area contributed by atoms with Crippen LogP contribution in [0.2, 0.25) is 0 Å². The molecule has 0 nitrogen and oxygen atoms in total. The second kappa shape index (κ2) is 15.7. The molecule has 0 aromatic carbocycles. The van der Waals surface area contributed by atoms with Gasteiger partial charge in [-0.3, -0.25) is 0 Å². The van der Waals surface area contributed by atoms with Crippen LogP contribution in [0.1, 0.15) is 13.3 Å². The van der Waals surface area contributed by atoms with E-state index in [0.717, 1.165) is 0 Å². The molecule has 0 aliphatic heterocycles. The monoisotopic (exact) mass is 181 g/mol. The minimum atomic E-state index is 0. The van der Waals surface area contributed by atoms with Crippen LogP contribution in [-0.4, -0.2) is 0 Å². The Morgan fingerprint density at radius 3 is 2.12 bits per heavy atom. The molecule has 41 valence electrons. The molecule has 0 heterocycles. The van der Waals surface area contributed by atoms with E-state index in [1.165, 1.54) is 0 Å². The first-order valence-electron chi connectivity index (χ1n) is 1.71. The molecule has 0 unspecified atom stereocenters. The summed E-state index contributed by atoms with van der Waals surface area (Å²) in [6.45, 7) is 1.75. The van der Waals surface area contributed by atoms with Gasteiger partial charge in [0.25, 0.3) is 0 Å². The molecule has 0 saturated carbocycles. The summed E-state index contributed by atoms with van der Waals surface area (Å²) >= 11 is 0. The summed E-state index contributed by atoms with van der Waals surface area (Å²) in [6, 6.07) is 0. The quantitative estimate of drug-likeness (QED) is 0.391. The normalized spacial score (nSPS) is 3.50. The second-order valence-corrected chi connectivity index (χ2v) is 0.780. The Morgan fingerprint density at radius 1 is 1.50 bits per heavy atom. The van der Waals surface area contributed by atoms with E-state index >= 15 is 0 Å². The SMILES string of the molecule is [C-]#CCC#CC.[CH3-].[Y]. The van der Waals surface area contributed by atoms with Crippen molar-refractivity contribution in [2.45, 2.75) is 13.3 Å². The number of hydrogen-bond donors (Lipinski definition) is 0. The fraction of sp³-hybridized carbons (Fsp3) is 0.286. The van der Waals surface area contributed by atoms with E-state index in [1.807, 2.05) is 0 Å². The first kappa shape index (κ1) is 15.7. The maximum Gasteiger partial charge on any atom is 0.0309 e. The van der Waals surface area contributed by atoms with Gasteiger partial charge in [0.15, 0.2) is 0 Å². The summed E-state index contributed by atoms with van der Waals surface area (Å²) in [5.74, 6) is 7.43. The van der Waals surface area contributed by atoms with Crippen molar-refractivity contribution in [3.05, 3.63) is 13.9 Å². The van der Waals surface area contributed by atoms with E-state index in [0.29, 0.717) is 6.42 Å². The van der Waals surface area contributed by atoms with Crippen LogP contribution in [-0.2, 0) is 32.7 Å². The topological polar surface area (TPSA) is 0 Å². The van der Waals surface area contributed by atoms with Crippen LogP contribution < -0.4 is 0 Å². The van der Waals surface area contributed by atoms with E-state index in [1.54, 1.807) is 6.92 Å². The average molecular weight is 181 g/mol. The van der Waals surface area contributed by atoms with Crippen molar-refractivity contribution in [1.82, 2.24) is 0 Å². The Balaban J connectivity index is -0.000000125. The number of rotatable bonds is 0. The zero-order valence-electron chi connectivity index (χ0n) is 5.28. The van der Waals surface area contributed by atoms with Gasteiger partial charge >= 0.3 is 0 Å². The molecule has 0 aromatic heterocycles. The molecular weight excluding hydrogens is 173 g/mol. The largest absolute Gasteiger partial charge is 0.693 e. The first-order chi connectivity index (χ1) is 2.91. The van der Waals surface area contributed by atoms with Crippen LogP contribution >= 0.6 is 0 Å². The van der Waals surface area contributed by atoms with E-state index in [-0.39, 0.29) is 40.1 Å². The number of hydrogen-bond acceptors (Lipinski definition) is 0. The Morgan fingerprint density at radius 2 is 2.00 bits per heavy atom. The fourth-order valence-corrected chi connectivity index (χ4v) is 0.133. The minimum absolute atomic E-state index is 0. The second-order valence-electron chi connectivity index (χ2n) is 0.780. The molecule has 0 spiro atoms. The molecule has 0 atom stereocenters. The summed E-state index contributed by atoms with van der Waals surface area (Å²) in [7, 11) is 0. The third-order valence-corrected chi connectivity index (χ3v) is 0.354. The van der Waals surface area contributed by atoms with Crippen LogP contribution in [0.5, 0.6) is 0 Å². The van der Waals surface area contributed by atoms with Gasteiger partial charge in [-0.2, -0.15) is 0 Å². The summed E-state index contributed by atoms with van der Waals surface area (Å²) < 4.78 is 0. The summed E-state index contributed by atoms with van der Waals surface area (Å²) in [6.07, 6.45) is 6.82. The Hall–Kier alpha value is 0.224. The molecule has 0 aromatic rings. The Kier molecular flexibility index (Phi) is 30.8. The van der Waals surface area contributed by atoms with Crippen LogP contribution in [0.15, 0.2) is 0 Å². The standard InChI is InChI=1S/C6H5.CH3.Y/c1-3-5-6-4-2;;/h6H2,1H3;1H3;/q2*-1;. The van der Waals surface area contributed by atoms with Crippen molar-refractivity contribution in [3.63, 3.8) is 0 Å². The van der Waals surface area contributed by atoms with Crippen molar-refractivity contribution in [2.24, 2.45) is 0 Å². The fourth-order valence-electron chi connectivity index (χ4n) is 0.133. The third-order valence-electron chi connectivity index (χ3n) is 0.354. The molecule has 0 saturated heterocycles. The van der Waals surface area contributed by atoms with E-state index in [2.05, 4.69) is 17.8 Å². The smallest absolute Gasteiger partial charge is 0.0309 e. The molecule has 0 fully saturated rings. The van der Waals surface area contributed by atoms with Gasteiger partial charge in [-0.25, -0.2) is 0 Å². The summed E-state index contributed by atoms with van der Waals surface area (Å²) in [5, 5.41) is 0. The molecule has 1 heteroatoms. The zero-order chi connectivity index (χ0) is 4.83. The van der Waals surface area contributed by atoms with Crippen molar-refractivity contribution < 1.29 is 32.7 Å². The maximum atomic E-state index is 6.35. The van der Waals surface area contributed by atoms with Gasteiger partial charge in [0.1, 0.15) is 0 Å². The van der Waals surface area contributed by atoms with Gasteiger partial charge in [0.2, 0.25) is 0 Å². The van der Waals surface area contributed by atoms with Crippen LogP contribution in [0.25, 0.3) is 0 Å². The molecule has 0 rings (SSSR count). The van der Waals surface area contributed by atoms with Crippen molar-refractivity contribution in [3.8, 4) is 17.8 Å². The van der Waals surface area contributed by atoms with Gasteiger partial charge in [-0.1, -0.05) is 5.92 Å². The molecule has 0 bridgehead atoms. The molecule has 0 amide bonds. The summed E-state index contributed by atoms with van der Waals surface area (Å²) in [5.41, 5.74) is 0. The van der Waals surface area contributed by atoms with Gasteiger partial charge in [0, 0.05) is 39.1 Å². The van der Waals surface area contributed by atoms with Crippen molar-refractivity contribution in [2.75, 3.05) is 0 Å². The van der Waals surface area contributed by atoms with Gasteiger partial charge in [-0.05, 0) is 6.92 Å². The Bertz CT molecular complexity index is 109. The predicted molar refractivity (Wildman–Crippen MR) is 31.6 cm³/mol. The van der Waals surface area contributed by atoms with Crippen LogP contribution in [0.3, 0.4) is 0 Å². The molecule has 8 heavy (non-hydrogen) atoms. The zero-order valence-corrected chi connectivity index (χ0v) is 8.12. The molecule has 0 aliphatic carbocycles. The average Bonchev–Trinajstić information content (AvgIpc) is 1.61. The molecule has 1 radical (unpaired) electrons. The predicted octanol–water partition coefficient (Wildman–Crippen LogP) is 1.44. The van der Waals surface area contributed by atoms with Crippen LogP contribution in [0.4, 0.5) is 0 Å². The molecule has 0 N–H and O–H groups in total. The molecular formula is C7H8Y-2. The maximum absolute atomic E-state index is 6.35. The molecule has 0 aliphatic rings. The van der Waals surface area contributed by atoms with Crippen LogP contribution in [0, 0.1) is 31.6 Å². The third kappa shape index (κ3) is 16.3. The minimum Gasteiger partial charge on any atom is -0.693 e. The van der Waals surface area contributed by atoms with Gasteiger partial charge < -0.3 is 19.8 Å².